The summed E-state index contributed by atoms with van der Waals surface area (Å²) in [5, 5.41) is 2.63. The molecule has 0 saturated heterocycles. The number of anilines is 1. The van der Waals surface area contributed by atoms with Crippen molar-refractivity contribution in [3.05, 3.63) is 12.4 Å². The van der Waals surface area contributed by atoms with Gasteiger partial charge in [-0.05, 0) is 20.8 Å². The van der Waals surface area contributed by atoms with E-state index in [1.807, 2.05) is 47.6 Å². The van der Waals surface area contributed by atoms with Crippen LogP contribution in [0.2, 0.25) is 14.8 Å². The molecule has 25 heavy (non-hydrogen) atoms. The van der Waals surface area contributed by atoms with Crippen molar-refractivity contribution < 1.29 is 19.1 Å². The van der Waals surface area contributed by atoms with Gasteiger partial charge in [0.15, 0.2) is 0 Å². The molecule has 0 fully saturated rings. The quantitative estimate of drug-likeness (QED) is 0.550. The summed E-state index contributed by atoms with van der Waals surface area (Å²) in [6.45, 7) is 11.4. The van der Waals surface area contributed by atoms with Gasteiger partial charge < -0.3 is 4.74 Å². The van der Waals surface area contributed by atoms with E-state index in [0.29, 0.717) is 12.3 Å². The zero-order valence-corrected chi connectivity index (χ0v) is 19.6. The van der Waals surface area contributed by atoms with Crippen molar-refractivity contribution in [1.29, 1.82) is 0 Å². The molecule has 8 heteroatoms. The molecule has 0 bridgehead atoms. The summed E-state index contributed by atoms with van der Waals surface area (Å²) in [5.41, 5.74) is -0.828. The van der Waals surface area contributed by atoms with Crippen LogP contribution in [0, 0.1) is 0 Å². The first-order chi connectivity index (χ1) is 11.1. The zero-order valence-electron chi connectivity index (χ0n) is 16.8. The van der Waals surface area contributed by atoms with E-state index in [1.165, 1.54) is 6.33 Å². The predicted molar refractivity (Wildman–Crippen MR) is 102 cm³/mol. The average molecular weight is 460 g/mol. The van der Waals surface area contributed by atoms with Crippen molar-refractivity contribution in [3.63, 3.8) is 0 Å². The van der Waals surface area contributed by atoms with Gasteiger partial charge in [-0.1, -0.05) is 0 Å². The molecule has 0 radical (unpaired) electrons. The Balaban J connectivity index is 0.000000697. The van der Waals surface area contributed by atoms with E-state index >= 15 is 0 Å². The number of nitrogens with one attached hydrogen (secondary N) is 1. The molecule has 0 unspecified atom stereocenters. The van der Waals surface area contributed by atoms with Crippen LogP contribution < -0.4 is 9.03 Å². The summed E-state index contributed by atoms with van der Waals surface area (Å²) in [6.07, 6.45) is 1.00. The number of hydrogen-bond acceptors (Lipinski definition) is 6. The second-order valence-corrected chi connectivity index (χ2v) is 22.8. The second kappa shape index (κ2) is 9.35. The summed E-state index contributed by atoms with van der Waals surface area (Å²) in [5.74, 6) is 0.501. The van der Waals surface area contributed by atoms with Crippen LogP contribution in [0.25, 0.3) is 0 Å². The molecule has 1 aromatic rings. The van der Waals surface area contributed by atoms with Crippen molar-refractivity contribution in [2.75, 3.05) is 5.32 Å². The van der Waals surface area contributed by atoms with Gasteiger partial charge in [0.2, 0.25) is 0 Å². The largest absolute Gasteiger partial charge is 0.462 e. The average Bonchev–Trinajstić information content (AvgIpc) is 2.34. The van der Waals surface area contributed by atoms with E-state index in [0.717, 1.165) is 3.71 Å². The monoisotopic (exact) mass is 461 g/mol. The number of aromatic nitrogens is 2. The first kappa shape index (κ1) is 23.6. The number of amides is 1. The molecule has 1 heterocycles. The van der Waals surface area contributed by atoms with Crippen LogP contribution in [0.4, 0.5) is 10.6 Å². The van der Waals surface area contributed by atoms with E-state index in [9.17, 15) is 9.59 Å². The van der Waals surface area contributed by atoms with E-state index < -0.39 is 30.1 Å². The number of nitrogens with zero attached hydrogens (tertiary/aromatic N) is 2. The SMILES string of the molecule is CC(C)(C)OC(=O)Nc1c[c]([Sn]([CH3])([CH3])[CH3])ncn1.CC(C)(C)OC=O. The van der Waals surface area contributed by atoms with Gasteiger partial charge in [-0.25, -0.2) is 0 Å². The molecule has 1 rings (SSSR count). The van der Waals surface area contributed by atoms with Crippen LogP contribution in [-0.2, 0) is 14.3 Å². The molecule has 7 nitrogen and oxygen atoms in total. The topological polar surface area (TPSA) is 90.4 Å². The molecule has 0 spiro atoms. The van der Waals surface area contributed by atoms with E-state index in [4.69, 9.17) is 4.74 Å². The Morgan fingerprint density at radius 2 is 1.64 bits per heavy atom. The Labute approximate surface area is 154 Å². The van der Waals surface area contributed by atoms with E-state index in [2.05, 4.69) is 34.8 Å². The number of carbonyl (C=O) groups excluding carboxylic acids is 2. The van der Waals surface area contributed by atoms with Gasteiger partial charge in [-0.15, -0.1) is 0 Å². The molecule has 0 aliphatic rings. The Hall–Kier alpha value is -1.38. The van der Waals surface area contributed by atoms with Crippen molar-refractivity contribution >= 4 is 40.5 Å². The number of hydrogen-bond donors (Lipinski definition) is 1. The third-order valence-corrected chi connectivity index (χ3v) is 7.63. The molecule has 1 N–H and O–H groups in total. The fourth-order valence-electron chi connectivity index (χ4n) is 1.39. The number of carbonyl (C=O) groups is 2. The zero-order chi connectivity index (χ0) is 19.9. The van der Waals surface area contributed by atoms with Crippen molar-refractivity contribution in [2.45, 2.75) is 67.6 Å². The predicted octanol–water partition coefficient (Wildman–Crippen LogP) is 3.33. The maximum Gasteiger partial charge on any atom is 0.293 e. The molecular weight excluding hydrogens is 429 g/mol. The molecular formula is C17H31N3O4Sn. The first-order valence-corrected chi connectivity index (χ1v) is 18.1. The maximum atomic E-state index is 11.6. The fourth-order valence-corrected chi connectivity index (χ4v) is 4.28. The minimum atomic E-state index is -2.23. The minimum Gasteiger partial charge on any atom is -0.462 e. The minimum absolute atomic E-state index is 0.318. The van der Waals surface area contributed by atoms with Crippen LogP contribution in [0.3, 0.4) is 0 Å². The van der Waals surface area contributed by atoms with Crippen LogP contribution >= 0.6 is 0 Å². The van der Waals surface area contributed by atoms with Crippen molar-refractivity contribution in [3.8, 4) is 0 Å². The number of rotatable bonds is 3. The standard InChI is InChI=1S/C9H12N3O2.C5H10O2.3CH3.Sn/c1-9(2,3)14-8(13)12-7-4-5-10-6-11-7;1-5(2,3)7-4-6;;;;/h4,6H,1-3H3,(H,10,11,12,13);4H,1-3H3;3*1H3;. The molecule has 0 aliphatic carbocycles. The molecule has 0 aliphatic heterocycles. The summed E-state index contributed by atoms with van der Waals surface area (Å²) in [7, 11) is 0. The Morgan fingerprint density at radius 3 is 2.00 bits per heavy atom. The van der Waals surface area contributed by atoms with Gasteiger partial charge in [0.05, 0.1) is 0 Å². The third kappa shape index (κ3) is 12.6. The summed E-state index contributed by atoms with van der Waals surface area (Å²) >= 11 is -2.23. The van der Waals surface area contributed by atoms with E-state index in [1.54, 1.807) is 0 Å². The van der Waals surface area contributed by atoms with Crippen molar-refractivity contribution in [2.24, 2.45) is 0 Å². The summed E-state index contributed by atoms with van der Waals surface area (Å²) in [4.78, 5) is 36.3. The molecule has 1 aromatic heterocycles. The van der Waals surface area contributed by atoms with Crippen LogP contribution in [0.15, 0.2) is 12.4 Å². The van der Waals surface area contributed by atoms with E-state index in [-0.39, 0.29) is 5.60 Å². The normalized spacial score (nSPS) is 11.7. The third-order valence-electron chi connectivity index (χ3n) is 2.47. The van der Waals surface area contributed by atoms with Gasteiger partial charge in [-0.3, -0.25) is 4.79 Å². The molecule has 0 saturated carbocycles. The second-order valence-electron chi connectivity index (χ2n) is 8.49. The fraction of sp³-hybridized carbons (Fsp3) is 0.647. The van der Waals surface area contributed by atoms with Crippen LogP contribution in [-0.4, -0.2) is 52.1 Å². The Bertz CT molecular complexity index is 572. The molecule has 142 valence electrons. The van der Waals surface area contributed by atoms with Crippen LogP contribution in [0.5, 0.6) is 0 Å². The molecule has 1 amide bonds. The summed E-state index contributed by atoms with van der Waals surface area (Å²) in [6, 6.07) is 1.85. The van der Waals surface area contributed by atoms with Gasteiger partial charge in [-0.2, -0.15) is 0 Å². The summed E-state index contributed by atoms with van der Waals surface area (Å²) < 4.78 is 10.8. The Morgan fingerprint density at radius 1 is 1.08 bits per heavy atom. The van der Waals surface area contributed by atoms with Gasteiger partial charge >= 0.3 is 112 Å². The van der Waals surface area contributed by atoms with Crippen LogP contribution in [0.1, 0.15) is 41.5 Å². The number of ether oxygens (including phenoxy) is 2. The van der Waals surface area contributed by atoms with Gasteiger partial charge in [0, 0.05) is 0 Å². The smallest absolute Gasteiger partial charge is 0.293 e. The molecule has 0 aromatic carbocycles. The van der Waals surface area contributed by atoms with Crippen molar-refractivity contribution in [1.82, 2.24) is 9.97 Å². The Kier molecular flexibility index (Phi) is 8.84. The first-order valence-electron chi connectivity index (χ1n) is 8.08. The van der Waals surface area contributed by atoms with Gasteiger partial charge in [0.25, 0.3) is 6.47 Å². The molecule has 0 atom stereocenters. The maximum absolute atomic E-state index is 11.6. The van der Waals surface area contributed by atoms with Gasteiger partial charge in [0.1, 0.15) is 5.60 Å².